The molecule has 0 aliphatic rings. The van der Waals surface area contributed by atoms with E-state index in [2.05, 4.69) is 5.10 Å². The zero-order chi connectivity index (χ0) is 16.6. The molecule has 0 saturated heterocycles. The highest BCUT2D eigenvalue weighted by Crippen LogP contribution is 2.37. The van der Waals surface area contributed by atoms with Crippen LogP contribution in [0.3, 0.4) is 0 Å². The average molecular weight is 328 g/mol. The molecule has 3 aromatic rings. The molecule has 0 spiro atoms. The molecule has 0 radical (unpaired) electrons. The summed E-state index contributed by atoms with van der Waals surface area (Å²) in [5, 5.41) is 4.91. The van der Waals surface area contributed by atoms with E-state index < -0.39 is 0 Å². The van der Waals surface area contributed by atoms with E-state index in [1.54, 1.807) is 11.7 Å². The summed E-state index contributed by atoms with van der Waals surface area (Å²) in [7, 11) is 3.73. The Labute approximate surface area is 139 Å². The van der Waals surface area contributed by atoms with Crippen LogP contribution in [0.15, 0.2) is 48.7 Å². The Bertz CT molecular complexity index is 874. The van der Waals surface area contributed by atoms with Gasteiger partial charge in [0, 0.05) is 20.3 Å². The van der Waals surface area contributed by atoms with E-state index in [9.17, 15) is 0 Å². The molecule has 0 unspecified atom stereocenters. The maximum Gasteiger partial charge on any atom is 0.130 e. The fourth-order valence-electron chi connectivity index (χ4n) is 2.52. The van der Waals surface area contributed by atoms with Gasteiger partial charge < -0.3 is 16.0 Å². The Morgan fingerprint density at radius 3 is 2.39 bits per heavy atom. The third-order valence-electron chi connectivity index (χ3n) is 3.82. The molecule has 6 heteroatoms. The number of benzene rings is 1. The lowest BCUT2D eigenvalue weighted by atomic mass is 10.1. The molecular formula is C17H18ClN5. The fourth-order valence-corrected chi connectivity index (χ4v) is 2.81. The summed E-state index contributed by atoms with van der Waals surface area (Å²) in [6.07, 6.45) is 1.95. The van der Waals surface area contributed by atoms with Crippen LogP contribution in [0.4, 0.5) is 5.82 Å². The van der Waals surface area contributed by atoms with Gasteiger partial charge in [-0.05, 0) is 17.7 Å². The first-order valence-corrected chi connectivity index (χ1v) is 7.53. The summed E-state index contributed by atoms with van der Waals surface area (Å²) in [5.74, 6) is 0.477. The number of nitrogens with two attached hydrogens (primary N) is 2. The largest absolute Gasteiger partial charge is 0.397 e. The average Bonchev–Trinajstić information content (AvgIpc) is 3.11. The molecule has 1 aromatic carbocycles. The second-order valence-corrected chi connectivity index (χ2v) is 5.71. The minimum atomic E-state index is 0.401. The van der Waals surface area contributed by atoms with E-state index in [1.165, 1.54) is 0 Å². The van der Waals surface area contributed by atoms with Crippen molar-refractivity contribution >= 4 is 28.1 Å². The molecule has 23 heavy (non-hydrogen) atoms. The van der Waals surface area contributed by atoms with Crippen molar-refractivity contribution in [2.45, 2.75) is 0 Å². The first kappa shape index (κ1) is 15.2. The normalized spacial score (nSPS) is 12.3. The van der Waals surface area contributed by atoms with Crippen LogP contribution in [0.1, 0.15) is 11.1 Å². The zero-order valence-corrected chi connectivity index (χ0v) is 13.7. The van der Waals surface area contributed by atoms with Crippen molar-refractivity contribution in [1.29, 1.82) is 0 Å². The Hall–Kier alpha value is -2.66. The Morgan fingerprint density at radius 2 is 1.78 bits per heavy atom. The summed E-state index contributed by atoms with van der Waals surface area (Å²) >= 11 is 6.60. The van der Waals surface area contributed by atoms with E-state index >= 15 is 0 Å². The number of hydrogen-bond acceptors (Lipinski definition) is 3. The summed E-state index contributed by atoms with van der Waals surface area (Å²) in [4.78, 5) is 0. The molecule has 0 atom stereocenters. The number of hydrogen-bond donors (Lipinski definition) is 2. The van der Waals surface area contributed by atoms with Crippen LogP contribution >= 0.6 is 11.6 Å². The van der Waals surface area contributed by atoms with Gasteiger partial charge in [0.25, 0.3) is 0 Å². The lowest BCUT2D eigenvalue weighted by Crippen LogP contribution is -2.02. The van der Waals surface area contributed by atoms with Gasteiger partial charge >= 0.3 is 0 Å². The minimum Gasteiger partial charge on any atom is -0.397 e. The van der Waals surface area contributed by atoms with E-state index in [0.29, 0.717) is 27.8 Å². The number of aryl methyl sites for hydroxylation is 2. The summed E-state index contributed by atoms with van der Waals surface area (Å²) in [6, 6.07) is 13.5. The van der Waals surface area contributed by atoms with Crippen molar-refractivity contribution in [3.8, 4) is 11.4 Å². The monoisotopic (exact) mass is 327 g/mol. The number of halogens is 1. The van der Waals surface area contributed by atoms with Crippen LogP contribution in [0.2, 0.25) is 0 Å². The van der Waals surface area contributed by atoms with E-state index in [0.717, 1.165) is 11.3 Å². The topological polar surface area (TPSA) is 74.8 Å². The lowest BCUT2D eigenvalue weighted by molar-refractivity contribution is 0.778. The molecule has 118 valence electrons. The highest BCUT2D eigenvalue weighted by Gasteiger charge is 2.22. The van der Waals surface area contributed by atoms with Crippen LogP contribution in [0.5, 0.6) is 0 Å². The van der Waals surface area contributed by atoms with Gasteiger partial charge in [-0.15, -0.1) is 0 Å². The molecule has 2 aromatic heterocycles. The van der Waals surface area contributed by atoms with Crippen molar-refractivity contribution in [2.24, 2.45) is 19.8 Å². The van der Waals surface area contributed by atoms with Crippen LogP contribution in [-0.4, -0.2) is 14.3 Å². The van der Waals surface area contributed by atoms with Gasteiger partial charge in [-0.2, -0.15) is 5.10 Å². The van der Waals surface area contributed by atoms with Crippen molar-refractivity contribution in [3.63, 3.8) is 0 Å². The predicted octanol–water partition coefficient (Wildman–Crippen LogP) is 3.03. The second-order valence-electron chi connectivity index (χ2n) is 5.33. The van der Waals surface area contributed by atoms with Gasteiger partial charge in [0.2, 0.25) is 0 Å². The Kier molecular flexibility index (Phi) is 3.88. The third-order valence-corrected chi connectivity index (χ3v) is 4.21. The first-order valence-electron chi connectivity index (χ1n) is 7.16. The molecule has 0 bridgehead atoms. The summed E-state index contributed by atoms with van der Waals surface area (Å²) < 4.78 is 3.58. The number of nitrogens with zero attached hydrogens (tertiary/aromatic N) is 3. The molecule has 0 amide bonds. The van der Waals surface area contributed by atoms with Crippen molar-refractivity contribution in [2.75, 3.05) is 5.73 Å². The van der Waals surface area contributed by atoms with Gasteiger partial charge in [-0.25, -0.2) is 0 Å². The second kappa shape index (κ2) is 5.85. The SMILES string of the molecule is Cn1cccc1-c1nn(C)c(N)c1/C(Cl)=C(\N)c1ccccc1. The minimum absolute atomic E-state index is 0.401. The van der Waals surface area contributed by atoms with E-state index in [1.807, 2.05) is 60.3 Å². The molecule has 0 aliphatic carbocycles. The predicted molar refractivity (Wildman–Crippen MR) is 95.3 cm³/mol. The molecule has 3 rings (SSSR count). The Balaban J connectivity index is 2.22. The Morgan fingerprint density at radius 1 is 1.09 bits per heavy atom. The highest BCUT2D eigenvalue weighted by molar-refractivity contribution is 6.53. The van der Waals surface area contributed by atoms with Crippen LogP contribution in [-0.2, 0) is 14.1 Å². The molecule has 0 fully saturated rings. The molecule has 0 saturated carbocycles. The smallest absolute Gasteiger partial charge is 0.130 e. The zero-order valence-electron chi connectivity index (χ0n) is 13.0. The molecule has 5 nitrogen and oxygen atoms in total. The van der Waals surface area contributed by atoms with Gasteiger partial charge in [0.15, 0.2) is 0 Å². The lowest BCUT2D eigenvalue weighted by Gasteiger charge is -2.08. The first-order chi connectivity index (χ1) is 11.0. The van der Waals surface area contributed by atoms with Gasteiger partial charge in [-0.1, -0.05) is 41.9 Å². The van der Waals surface area contributed by atoms with Crippen molar-refractivity contribution in [1.82, 2.24) is 14.3 Å². The van der Waals surface area contributed by atoms with Gasteiger partial charge in [0.05, 0.1) is 22.0 Å². The van der Waals surface area contributed by atoms with Crippen LogP contribution in [0, 0.1) is 0 Å². The van der Waals surface area contributed by atoms with E-state index in [4.69, 9.17) is 23.1 Å². The maximum atomic E-state index is 6.60. The number of aromatic nitrogens is 3. The molecule has 4 N–H and O–H groups in total. The number of anilines is 1. The van der Waals surface area contributed by atoms with Crippen LogP contribution < -0.4 is 11.5 Å². The van der Waals surface area contributed by atoms with Crippen molar-refractivity contribution < 1.29 is 0 Å². The number of rotatable bonds is 3. The van der Waals surface area contributed by atoms with Gasteiger partial charge in [-0.3, -0.25) is 4.68 Å². The van der Waals surface area contributed by atoms with Crippen molar-refractivity contribution in [3.05, 3.63) is 59.8 Å². The quantitative estimate of drug-likeness (QED) is 0.776. The molecule has 2 heterocycles. The maximum absolute atomic E-state index is 6.60. The molecule has 0 aliphatic heterocycles. The van der Waals surface area contributed by atoms with E-state index in [-0.39, 0.29) is 0 Å². The highest BCUT2D eigenvalue weighted by atomic mass is 35.5. The van der Waals surface area contributed by atoms with Gasteiger partial charge in [0.1, 0.15) is 11.5 Å². The third kappa shape index (κ3) is 2.59. The number of nitrogen functional groups attached to an aromatic ring is 1. The van der Waals surface area contributed by atoms with Crippen LogP contribution in [0.25, 0.3) is 22.1 Å². The molecular weight excluding hydrogens is 310 g/mol. The summed E-state index contributed by atoms with van der Waals surface area (Å²) in [5.41, 5.74) is 16.1. The standard InChI is InChI=1S/C17H18ClN5/c1-22-10-6-9-12(22)16-13(17(20)23(2)21-16)14(18)15(19)11-7-4-3-5-8-11/h3-10H,19-20H2,1-2H3/b15-14+. The summed E-state index contributed by atoms with van der Waals surface area (Å²) in [6.45, 7) is 0. The fraction of sp³-hybridized carbons (Fsp3) is 0.118.